The highest BCUT2D eigenvalue weighted by Crippen LogP contribution is 2.52. The van der Waals surface area contributed by atoms with Crippen LogP contribution in [0.2, 0.25) is 0 Å². The molecular weight excluding hydrogens is 326 g/mol. The number of amides is 1. The van der Waals surface area contributed by atoms with Gasteiger partial charge in [-0.05, 0) is 28.3 Å². The van der Waals surface area contributed by atoms with Gasteiger partial charge < -0.3 is 0 Å². The first-order valence-electron chi connectivity index (χ1n) is 8.26. The SMILES string of the molecule is CC(=O)N1c2ccc3ccccc3c2Sc2ccc3ccccc3c21. The van der Waals surface area contributed by atoms with Crippen LogP contribution in [0.25, 0.3) is 21.5 Å². The van der Waals surface area contributed by atoms with Crippen LogP contribution >= 0.6 is 11.8 Å². The summed E-state index contributed by atoms with van der Waals surface area (Å²) in [7, 11) is 0. The first kappa shape index (κ1) is 14.6. The predicted molar refractivity (Wildman–Crippen MR) is 105 cm³/mol. The summed E-state index contributed by atoms with van der Waals surface area (Å²) in [4.78, 5) is 16.8. The van der Waals surface area contributed by atoms with Crippen LogP contribution in [0, 0.1) is 0 Å². The zero-order valence-corrected chi connectivity index (χ0v) is 14.5. The van der Waals surface area contributed by atoms with Gasteiger partial charge in [0.05, 0.1) is 11.4 Å². The molecule has 3 heteroatoms. The minimum Gasteiger partial charge on any atom is -0.278 e. The molecule has 1 aliphatic heterocycles. The van der Waals surface area contributed by atoms with Crippen LogP contribution in [0.4, 0.5) is 11.4 Å². The molecule has 0 atom stereocenters. The summed E-state index contributed by atoms with van der Waals surface area (Å²) in [5.41, 5.74) is 1.97. The van der Waals surface area contributed by atoms with E-state index in [1.54, 1.807) is 18.7 Å². The molecule has 0 fully saturated rings. The molecule has 1 heterocycles. The smallest absolute Gasteiger partial charge is 0.228 e. The van der Waals surface area contributed by atoms with E-state index < -0.39 is 0 Å². The van der Waals surface area contributed by atoms with E-state index in [0.717, 1.165) is 31.9 Å². The van der Waals surface area contributed by atoms with Gasteiger partial charge >= 0.3 is 0 Å². The summed E-state index contributed by atoms with van der Waals surface area (Å²) in [6.45, 7) is 1.64. The van der Waals surface area contributed by atoms with Crippen LogP contribution in [0.3, 0.4) is 0 Å². The number of hydrogen-bond acceptors (Lipinski definition) is 2. The van der Waals surface area contributed by atoms with Gasteiger partial charge in [-0.2, -0.15) is 0 Å². The van der Waals surface area contributed by atoms with Crippen LogP contribution in [0.1, 0.15) is 6.92 Å². The lowest BCUT2D eigenvalue weighted by molar-refractivity contribution is -0.115. The average molecular weight is 341 g/mol. The molecule has 0 radical (unpaired) electrons. The van der Waals surface area contributed by atoms with Crippen molar-refractivity contribution >= 4 is 50.6 Å². The van der Waals surface area contributed by atoms with Crippen molar-refractivity contribution in [1.82, 2.24) is 0 Å². The molecule has 0 unspecified atom stereocenters. The summed E-state index contributed by atoms with van der Waals surface area (Å²) in [6.07, 6.45) is 0. The molecular formula is C22H15NOS. The van der Waals surface area contributed by atoms with Gasteiger partial charge in [0.25, 0.3) is 0 Å². The molecule has 120 valence electrons. The highest BCUT2D eigenvalue weighted by atomic mass is 32.2. The maximum atomic E-state index is 12.6. The Morgan fingerprint density at radius 2 is 1.44 bits per heavy atom. The molecule has 1 amide bonds. The van der Waals surface area contributed by atoms with Crippen molar-refractivity contribution in [1.29, 1.82) is 0 Å². The van der Waals surface area contributed by atoms with Gasteiger partial charge in [-0.3, -0.25) is 9.69 Å². The fraction of sp³-hybridized carbons (Fsp3) is 0.0455. The zero-order valence-electron chi connectivity index (χ0n) is 13.7. The Morgan fingerprint density at radius 1 is 0.800 bits per heavy atom. The first-order valence-corrected chi connectivity index (χ1v) is 9.08. The number of benzene rings is 4. The van der Waals surface area contributed by atoms with Gasteiger partial charge in [0.1, 0.15) is 0 Å². The van der Waals surface area contributed by atoms with Crippen molar-refractivity contribution in [2.75, 3.05) is 4.90 Å². The van der Waals surface area contributed by atoms with Gasteiger partial charge in [0.15, 0.2) is 0 Å². The van der Waals surface area contributed by atoms with Crippen molar-refractivity contribution in [3.63, 3.8) is 0 Å². The third-order valence-corrected chi connectivity index (χ3v) is 5.90. The predicted octanol–water partition coefficient (Wildman–Crippen LogP) is 6.14. The molecule has 25 heavy (non-hydrogen) atoms. The number of hydrogen-bond donors (Lipinski definition) is 0. The summed E-state index contributed by atoms with van der Waals surface area (Å²) in [5.74, 6) is 0.0365. The number of rotatable bonds is 0. The maximum Gasteiger partial charge on any atom is 0.228 e. The molecule has 0 saturated heterocycles. The van der Waals surface area contributed by atoms with E-state index >= 15 is 0 Å². The number of anilines is 2. The Labute approximate surface area is 150 Å². The van der Waals surface area contributed by atoms with Gasteiger partial charge in [0.2, 0.25) is 5.91 Å². The molecule has 1 aliphatic rings. The van der Waals surface area contributed by atoms with E-state index in [1.807, 2.05) is 23.1 Å². The van der Waals surface area contributed by atoms with Crippen molar-refractivity contribution in [3.8, 4) is 0 Å². The molecule has 0 spiro atoms. The average Bonchev–Trinajstić information content (AvgIpc) is 2.65. The molecule has 4 aromatic rings. The normalized spacial score (nSPS) is 12.9. The van der Waals surface area contributed by atoms with Gasteiger partial charge in [-0.25, -0.2) is 0 Å². The topological polar surface area (TPSA) is 20.3 Å². The van der Waals surface area contributed by atoms with E-state index in [0.29, 0.717) is 0 Å². The van der Waals surface area contributed by atoms with E-state index in [-0.39, 0.29) is 5.91 Å². The van der Waals surface area contributed by atoms with Crippen molar-refractivity contribution < 1.29 is 4.79 Å². The summed E-state index contributed by atoms with van der Waals surface area (Å²) < 4.78 is 0. The van der Waals surface area contributed by atoms with E-state index in [1.165, 1.54) is 10.8 Å². The molecule has 4 aromatic carbocycles. The number of fused-ring (bicyclic) bond motifs is 6. The number of nitrogens with zero attached hydrogens (tertiary/aromatic N) is 1. The van der Waals surface area contributed by atoms with Gasteiger partial charge in [-0.1, -0.05) is 72.4 Å². The minimum absolute atomic E-state index is 0.0365. The van der Waals surface area contributed by atoms with Crippen molar-refractivity contribution in [2.24, 2.45) is 0 Å². The molecule has 5 rings (SSSR count). The lowest BCUT2D eigenvalue weighted by Crippen LogP contribution is -2.26. The van der Waals surface area contributed by atoms with Crippen molar-refractivity contribution in [3.05, 3.63) is 72.8 Å². The number of carbonyl (C=O) groups is 1. The Bertz CT molecular complexity index is 1170. The van der Waals surface area contributed by atoms with Crippen LogP contribution < -0.4 is 4.90 Å². The highest BCUT2D eigenvalue weighted by Gasteiger charge is 2.29. The third-order valence-electron chi connectivity index (χ3n) is 4.71. The van der Waals surface area contributed by atoms with Crippen LogP contribution in [-0.2, 0) is 4.79 Å². The third kappa shape index (κ3) is 2.09. The summed E-state index contributed by atoms with van der Waals surface area (Å²) in [5, 5.41) is 4.65. The molecule has 0 aliphatic carbocycles. The Hall–Kier alpha value is -2.78. The Balaban J connectivity index is 1.88. The molecule has 2 nitrogen and oxygen atoms in total. The fourth-order valence-electron chi connectivity index (χ4n) is 3.62. The largest absolute Gasteiger partial charge is 0.278 e. The first-order chi connectivity index (χ1) is 12.2. The second-order valence-corrected chi connectivity index (χ2v) is 7.28. The maximum absolute atomic E-state index is 12.6. The lowest BCUT2D eigenvalue weighted by atomic mass is 10.0. The quantitative estimate of drug-likeness (QED) is 0.383. The van der Waals surface area contributed by atoms with Crippen molar-refractivity contribution in [2.45, 2.75) is 16.7 Å². The van der Waals surface area contributed by atoms with Crippen LogP contribution in [0.5, 0.6) is 0 Å². The van der Waals surface area contributed by atoms with E-state index in [2.05, 4.69) is 54.6 Å². The molecule has 0 bridgehead atoms. The fourth-order valence-corrected chi connectivity index (χ4v) is 4.83. The monoisotopic (exact) mass is 341 g/mol. The standard InChI is InChI=1S/C22H15NOS/c1-14(24)23-19-12-10-16-7-3-5-9-18(16)22(19)25-20-13-11-15-6-2-4-8-17(15)21(20)23/h2-13H,1H3. The minimum atomic E-state index is 0.0365. The van der Waals surface area contributed by atoms with E-state index in [9.17, 15) is 4.79 Å². The summed E-state index contributed by atoms with van der Waals surface area (Å²) in [6, 6.07) is 25.0. The van der Waals surface area contributed by atoms with Gasteiger partial charge in [0, 0.05) is 22.1 Å². The second-order valence-electron chi connectivity index (χ2n) is 6.22. The lowest BCUT2D eigenvalue weighted by Gasteiger charge is -2.32. The number of carbonyl (C=O) groups excluding carboxylic acids is 1. The molecule has 0 saturated carbocycles. The van der Waals surface area contributed by atoms with Crippen LogP contribution in [0.15, 0.2) is 82.6 Å². The summed E-state index contributed by atoms with van der Waals surface area (Å²) >= 11 is 1.75. The second kappa shape index (κ2) is 5.36. The van der Waals surface area contributed by atoms with Crippen LogP contribution in [-0.4, -0.2) is 5.91 Å². The van der Waals surface area contributed by atoms with E-state index in [4.69, 9.17) is 0 Å². The zero-order chi connectivity index (χ0) is 17.0. The Morgan fingerprint density at radius 3 is 2.20 bits per heavy atom. The van der Waals surface area contributed by atoms with Gasteiger partial charge in [-0.15, -0.1) is 0 Å². The highest BCUT2D eigenvalue weighted by molar-refractivity contribution is 8.00. The molecule has 0 aromatic heterocycles. The molecule has 0 N–H and O–H groups in total. The Kier molecular flexibility index (Phi) is 3.12.